The van der Waals surface area contributed by atoms with Crippen LogP contribution in [0.15, 0.2) is 42.6 Å². The van der Waals surface area contributed by atoms with Gasteiger partial charge in [-0.1, -0.05) is 12.1 Å². The number of hydrogen-bond acceptors (Lipinski definition) is 3. The van der Waals surface area contributed by atoms with Gasteiger partial charge in [-0.3, -0.25) is 4.98 Å². The van der Waals surface area contributed by atoms with Crippen molar-refractivity contribution in [2.24, 2.45) is 0 Å². The molecule has 2 heterocycles. The minimum atomic E-state index is -0.903. The zero-order valence-corrected chi connectivity index (χ0v) is 11.9. The van der Waals surface area contributed by atoms with Crippen LogP contribution >= 0.6 is 0 Å². The van der Waals surface area contributed by atoms with E-state index in [1.165, 1.54) is 11.0 Å². The fourth-order valence-electron chi connectivity index (χ4n) is 2.65. The molecule has 1 aromatic carbocycles. The van der Waals surface area contributed by atoms with Crippen LogP contribution in [0.1, 0.15) is 0 Å². The van der Waals surface area contributed by atoms with Crippen LogP contribution in [0.4, 0.5) is 14.9 Å². The summed E-state index contributed by atoms with van der Waals surface area (Å²) in [6.45, 7) is 2.00. The molecule has 0 spiro atoms. The molecule has 3 rings (SSSR count). The topological polar surface area (TPSA) is 56.7 Å². The standard InChI is InChI=1S/C16H16FN3O2/c17-13-5-2-1-4-12(13)15-14(6-3-7-18-15)19-8-10-20(11-9-19)16(21)22/h1-7H,8-11H2,(H,21,22). The average Bonchev–Trinajstić information content (AvgIpc) is 2.55. The quantitative estimate of drug-likeness (QED) is 0.926. The van der Waals surface area contributed by atoms with Gasteiger partial charge in [0.05, 0.1) is 11.4 Å². The number of piperazine rings is 1. The summed E-state index contributed by atoms with van der Waals surface area (Å²) in [7, 11) is 0. The Morgan fingerprint density at radius 3 is 2.50 bits per heavy atom. The molecule has 5 nitrogen and oxygen atoms in total. The van der Waals surface area contributed by atoms with Crippen molar-refractivity contribution < 1.29 is 14.3 Å². The van der Waals surface area contributed by atoms with Gasteiger partial charge >= 0.3 is 6.09 Å². The van der Waals surface area contributed by atoms with Crippen LogP contribution in [0.2, 0.25) is 0 Å². The van der Waals surface area contributed by atoms with Crippen LogP contribution in [0.25, 0.3) is 11.3 Å². The van der Waals surface area contributed by atoms with Crippen LogP contribution in [0.3, 0.4) is 0 Å². The van der Waals surface area contributed by atoms with Crippen molar-refractivity contribution in [3.63, 3.8) is 0 Å². The molecule has 0 bridgehead atoms. The number of hydrogen-bond donors (Lipinski definition) is 1. The van der Waals surface area contributed by atoms with Gasteiger partial charge in [-0.2, -0.15) is 0 Å². The fourth-order valence-corrected chi connectivity index (χ4v) is 2.65. The Hall–Kier alpha value is -2.63. The summed E-state index contributed by atoms with van der Waals surface area (Å²) < 4.78 is 14.0. The van der Waals surface area contributed by atoms with Crippen LogP contribution in [-0.2, 0) is 0 Å². The minimum absolute atomic E-state index is 0.313. The predicted octanol–water partition coefficient (Wildman–Crippen LogP) is 2.69. The lowest BCUT2D eigenvalue weighted by Crippen LogP contribution is -2.48. The monoisotopic (exact) mass is 301 g/mol. The Balaban J connectivity index is 1.90. The zero-order valence-electron chi connectivity index (χ0n) is 11.9. The number of rotatable bonds is 2. The highest BCUT2D eigenvalue weighted by Crippen LogP contribution is 2.30. The van der Waals surface area contributed by atoms with E-state index < -0.39 is 6.09 Å². The largest absolute Gasteiger partial charge is 0.465 e. The third kappa shape index (κ3) is 2.72. The number of anilines is 1. The zero-order chi connectivity index (χ0) is 15.5. The van der Waals surface area contributed by atoms with Crippen molar-refractivity contribution in [3.05, 3.63) is 48.4 Å². The molecular weight excluding hydrogens is 285 g/mol. The van der Waals surface area contributed by atoms with Crippen molar-refractivity contribution in [2.45, 2.75) is 0 Å². The van der Waals surface area contributed by atoms with Gasteiger partial charge in [0.1, 0.15) is 5.82 Å². The molecule has 1 aliphatic rings. The molecule has 2 aromatic rings. The Bertz CT molecular complexity index is 685. The summed E-state index contributed by atoms with van der Waals surface area (Å²) in [4.78, 5) is 18.7. The first kappa shape index (κ1) is 14.3. The van der Waals surface area contributed by atoms with E-state index in [4.69, 9.17) is 5.11 Å². The fraction of sp³-hybridized carbons (Fsp3) is 0.250. The summed E-state index contributed by atoms with van der Waals surface area (Å²) in [6, 6.07) is 10.2. The summed E-state index contributed by atoms with van der Waals surface area (Å²) in [5, 5.41) is 9.01. The maximum atomic E-state index is 14.0. The molecule has 0 unspecified atom stereocenters. The predicted molar refractivity (Wildman–Crippen MR) is 81.4 cm³/mol. The maximum absolute atomic E-state index is 14.0. The van der Waals surface area contributed by atoms with E-state index in [9.17, 15) is 9.18 Å². The Kier molecular flexibility index (Phi) is 3.91. The molecule has 1 aliphatic heterocycles. The average molecular weight is 301 g/mol. The van der Waals surface area contributed by atoms with Gasteiger partial charge in [0, 0.05) is 37.9 Å². The normalized spacial score (nSPS) is 15.0. The highest BCUT2D eigenvalue weighted by atomic mass is 19.1. The first-order chi connectivity index (χ1) is 10.7. The van der Waals surface area contributed by atoms with Crippen LogP contribution in [0, 0.1) is 5.82 Å². The third-order valence-electron chi connectivity index (χ3n) is 3.81. The first-order valence-corrected chi connectivity index (χ1v) is 7.09. The number of aromatic nitrogens is 1. The smallest absolute Gasteiger partial charge is 0.407 e. The van der Waals surface area contributed by atoms with E-state index in [2.05, 4.69) is 4.98 Å². The molecular formula is C16H16FN3O2. The summed E-state index contributed by atoms with van der Waals surface area (Å²) in [5.41, 5.74) is 1.88. The number of carbonyl (C=O) groups is 1. The first-order valence-electron chi connectivity index (χ1n) is 7.09. The summed E-state index contributed by atoms with van der Waals surface area (Å²) in [6.07, 6.45) is 0.735. The van der Waals surface area contributed by atoms with Gasteiger partial charge in [-0.05, 0) is 24.3 Å². The van der Waals surface area contributed by atoms with Crippen molar-refractivity contribution >= 4 is 11.8 Å². The Morgan fingerprint density at radius 2 is 1.82 bits per heavy atom. The van der Waals surface area contributed by atoms with Gasteiger partial charge < -0.3 is 14.9 Å². The van der Waals surface area contributed by atoms with Crippen molar-refractivity contribution in [3.8, 4) is 11.3 Å². The Morgan fingerprint density at radius 1 is 1.09 bits per heavy atom. The van der Waals surface area contributed by atoms with E-state index in [1.807, 2.05) is 17.0 Å². The second kappa shape index (κ2) is 6.01. The molecule has 1 fully saturated rings. The number of halogens is 1. The molecule has 114 valence electrons. The third-order valence-corrected chi connectivity index (χ3v) is 3.81. The lowest BCUT2D eigenvalue weighted by atomic mass is 10.1. The minimum Gasteiger partial charge on any atom is -0.465 e. The summed E-state index contributed by atoms with van der Waals surface area (Å²) >= 11 is 0. The van der Waals surface area contributed by atoms with E-state index in [0.717, 1.165) is 5.69 Å². The molecule has 0 saturated carbocycles. The lowest BCUT2D eigenvalue weighted by molar-refractivity contribution is 0.142. The molecule has 0 aliphatic carbocycles. The van der Waals surface area contributed by atoms with Crippen LogP contribution < -0.4 is 4.90 Å². The molecule has 1 aromatic heterocycles. The molecule has 22 heavy (non-hydrogen) atoms. The van der Waals surface area contributed by atoms with Crippen molar-refractivity contribution in [1.29, 1.82) is 0 Å². The highest BCUT2D eigenvalue weighted by Gasteiger charge is 2.23. The van der Waals surface area contributed by atoms with Gasteiger partial charge in [-0.25, -0.2) is 9.18 Å². The van der Waals surface area contributed by atoms with E-state index in [0.29, 0.717) is 37.4 Å². The number of nitrogens with zero attached hydrogens (tertiary/aromatic N) is 3. The highest BCUT2D eigenvalue weighted by molar-refractivity contribution is 5.75. The van der Waals surface area contributed by atoms with Crippen LogP contribution in [-0.4, -0.2) is 47.3 Å². The van der Waals surface area contributed by atoms with Gasteiger partial charge in [0.2, 0.25) is 0 Å². The number of amides is 1. The second-order valence-corrected chi connectivity index (χ2v) is 5.11. The van der Waals surface area contributed by atoms with Gasteiger partial charge in [0.15, 0.2) is 0 Å². The number of benzene rings is 1. The SMILES string of the molecule is O=C(O)N1CCN(c2cccnc2-c2ccccc2F)CC1. The molecule has 0 atom stereocenters. The van der Waals surface area contributed by atoms with Crippen molar-refractivity contribution in [1.82, 2.24) is 9.88 Å². The maximum Gasteiger partial charge on any atom is 0.407 e. The van der Waals surface area contributed by atoms with Gasteiger partial charge in [-0.15, -0.1) is 0 Å². The van der Waals surface area contributed by atoms with E-state index >= 15 is 0 Å². The second-order valence-electron chi connectivity index (χ2n) is 5.11. The summed E-state index contributed by atoms with van der Waals surface area (Å²) in [5.74, 6) is -0.313. The van der Waals surface area contributed by atoms with Crippen molar-refractivity contribution in [2.75, 3.05) is 31.1 Å². The number of pyridine rings is 1. The number of carboxylic acid groups (broad SMARTS) is 1. The van der Waals surface area contributed by atoms with Crippen LogP contribution in [0.5, 0.6) is 0 Å². The molecule has 6 heteroatoms. The molecule has 1 amide bonds. The lowest BCUT2D eigenvalue weighted by Gasteiger charge is -2.35. The van der Waals surface area contributed by atoms with Gasteiger partial charge in [0.25, 0.3) is 0 Å². The molecule has 0 radical (unpaired) electrons. The van der Waals surface area contributed by atoms with E-state index in [1.54, 1.807) is 24.4 Å². The molecule has 1 saturated heterocycles. The van der Waals surface area contributed by atoms with E-state index in [-0.39, 0.29) is 5.82 Å². The molecule has 1 N–H and O–H groups in total. The Labute approximate surface area is 127 Å².